The van der Waals surface area contributed by atoms with Crippen LogP contribution in [0.3, 0.4) is 0 Å². The monoisotopic (exact) mass is 418 g/mol. The van der Waals surface area contributed by atoms with Crippen molar-refractivity contribution in [2.45, 2.75) is 13.0 Å². The normalized spacial score (nSPS) is 10.0. The first-order valence-electron chi connectivity index (χ1n) is 8.00. The van der Waals surface area contributed by atoms with Crippen molar-refractivity contribution >= 4 is 33.7 Å². The third-order valence-electron chi connectivity index (χ3n) is 3.41. The van der Waals surface area contributed by atoms with Gasteiger partial charge in [-0.1, -0.05) is 22.0 Å². The zero-order chi connectivity index (χ0) is 18.8. The smallest absolute Gasteiger partial charge is 0.251 e. The molecule has 0 saturated carbocycles. The Labute approximate surface area is 159 Å². The van der Waals surface area contributed by atoms with Crippen LogP contribution in [0.25, 0.3) is 0 Å². The Bertz CT molecular complexity index is 768. The standard InChI is InChI=1S/C18H19BrN4O3/c19-15-3-1-2-14(10-15)18(26)23-12-17(25)21-9-6-16(24)22-11-13-4-7-20-8-5-13/h1-5,7-8,10H,6,9,11-12H2,(H,21,25)(H,22,24)(H,23,26). The molecule has 0 spiro atoms. The minimum Gasteiger partial charge on any atom is -0.354 e. The van der Waals surface area contributed by atoms with Crippen molar-refractivity contribution in [2.75, 3.05) is 13.1 Å². The Morgan fingerprint density at radius 3 is 2.46 bits per heavy atom. The lowest BCUT2D eigenvalue weighted by atomic mass is 10.2. The number of halogens is 1. The lowest BCUT2D eigenvalue weighted by molar-refractivity contribution is -0.122. The summed E-state index contributed by atoms with van der Waals surface area (Å²) in [5.74, 6) is -0.855. The van der Waals surface area contributed by atoms with Gasteiger partial charge in [-0.25, -0.2) is 0 Å². The molecule has 1 aromatic carbocycles. The van der Waals surface area contributed by atoms with Gasteiger partial charge in [0.2, 0.25) is 11.8 Å². The van der Waals surface area contributed by atoms with E-state index in [2.05, 4.69) is 36.9 Å². The quantitative estimate of drug-likeness (QED) is 0.602. The Balaban J connectivity index is 1.61. The van der Waals surface area contributed by atoms with Crippen LogP contribution in [-0.2, 0) is 16.1 Å². The van der Waals surface area contributed by atoms with Crippen LogP contribution in [0.1, 0.15) is 22.3 Å². The van der Waals surface area contributed by atoms with Gasteiger partial charge in [0.25, 0.3) is 5.91 Å². The Morgan fingerprint density at radius 1 is 0.962 bits per heavy atom. The number of carbonyl (C=O) groups excluding carboxylic acids is 3. The van der Waals surface area contributed by atoms with E-state index in [4.69, 9.17) is 0 Å². The minimum atomic E-state index is -0.352. The molecule has 0 saturated heterocycles. The molecule has 0 aliphatic rings. The molecule has 1 heterocycles. The number of amides is 3. The molecule has 0 fully saturated rings. The number of nitrogens with zero attached hydrogens (tertiary/aromatic N) is 1. The summed E-state index contributed by atoms with van der Waals surface area (Å²) < 4.78 is 0.785. The van der Waals surface area contributed by atoms with E-state index < -0.39 is 0 Å². The summed E-state index contributed by atoms with van der Waals surface area (Å²) in [4.78, 5) is 39.3. The van der Waals surface area contributed by atoms with E-state index in [0.29, 0.717) is 12.1 Å². The van der Waals surface area contributed by atoms with Crippen molar-refractivity contribution in [3.05, 3.63) is 64.4 Å². The summed E-state index contributed by atoms with van der Waals surface area (Å²) in [5, 5.41) is 7.89. The van der Waals surface area contributed by atoms with Crippen molar-refractivity contribution < 1.29 is 14.4 Å². The number of benzene rings is 1. The number of aromatic nitrogens is 1. The van der Waals surface area contributed by atoms with Crippen LogP contribution in [0.5, 0.6) is 0 Å². The maximum atomic E-state index is 11.9. The molecule has 2 aromatic rings. The molecule has 7 nitrogen and oxygen atoms in total. The maximum absolute atomic E-state index is 11.9. The molecule has 2 rings (SSSR count). The highest BCUT2D eigenvalue weighted by Crippen LogP contribution is 2.11. The summed E-state index contributed by atoms with van der Waals surface area (Å²) in [6.45, 7) is 0.468. The molecule has 0 aliphatic carbocycles. The van der Waals surface area contributed by atoms with E-state index in [0.717, 1.165) is 10.0 Å². The molecule has 0 radical (unpaired) electrons. The van der Waals surface area contributed by atoms with Gasteiger partial charge in [-0.05, 0) is 35.9 Å². The molecule has 3 amide bonds. The fourth-order valence-corrected chi connectivity index (χ4v) is 2.46. The van der Waals surface area contributed by atoms with Crippen molar-refractivity contribution in [2.24, 2.45) is 0 Å². The molecular formula is C18H19BrN4O3. The van der Waals surface area contributed by atoms with Crippen LogP contribution in [0, 0.1) is 0 Å². The van der Waals surface area contributed by atoms with Crippen molar-refractivity contribution in [1.82, 2.24) is 20.9 Å². The van der Waals surface area contributed by atoms with Crippen LogP contribution < -0.4 is 16.0 Å². The minimum absolute atomic E-state index is 0.149. The van der Waals surface area contributed by atoms with E-state index in [1.807, 2.05) is 18.2 Å². The fourth-order valence-electron chi connectivity index (χ4n) is 2.06. The van der Waals surface area contributed by atoms with Gasteiger partial charge in [-0.3, -0.25) is 19.4 Å². The SMILES string of the molecule is O=C(CCNC(=O)CNC(=O)c1cccc(Br)c1)NCc1ccncc1. The van der Waals surface area contributed by atoms with E-state index >= 15 is 0 Å². The molecule has 8 heteroatoms. The van der Waals surface area contributed by atoms with Gasteiger partial charge in [-0.2, -0.15) is 0 Å². The predicted molar refractivity (Wildman–Crippen MR) is 100 cm³/mol. The third-order valence-corrected chi connectivity index (χ3v) is 3.90. The molecule has 0 atom stereocenters. The number of pyridine rings is 1. The van der Waals surface area contributed by atoms with E-state index in [1.165, 1.54) is 0 Å². The van der Waals surface area contributed by atoms with Gasteiger partial charge >= 0.3 is 0 Å². The van der Waals surface area contributed by atoms with E-state index in [-0.39, 0.29) is 37.2 Å². The van der Waals surface area contributed by atoms with E-state index in [1.54, 1.807) is 30.6 Å². The highest BCUT2D eigenvalue weighted by atomic mass is 79.9. The van der Waals surface area contributed by atoms with Gasteiger partial charge in [0, 0.05) is 41.9 Å². The van der Waals surface area contributed by atoms with Gasteiger partial charge in [0.05, 0.1) is 6.54 Å². The van der Waals surface area contributed by atoms with Crippen LogP contribution in [0.2, 0.25) is 0 Å². The molecule has 26 heavy (non-hydrogen) atoms. The highest BCUT2D eigenvalue weighted by molar-refractivity contribution is 9.10. The van der Waals surface area contributed by atoms with Crippen LogP contribution >= 0.6 is 15.9 Å². The van der Waals surface area contributed by atoms with Crippen LogP contribution in [-0.4, -0.2) is 35.8 Å². The first-order chi connectivity index (χ1) is 12.5. The first kappa shape index (κ1) is 19.6. The van der Waals surface area contributed by atoms with Gasteiger partial charge in [-0.15, -0.1) is 0 Å². The van der Waals surface area contributed by atoms with Crippen molar-refractivity contribution in [3.8, 4) is 0 Å². The fraction of sp³-hybridized carbons (Fsp3) is 0.222. The average molecular weight is 419 g/mol. The van der Waals surface area contributed by atoms with Crippen LogP contribution in [0.15, 0.2) is 53.3 Å². The Kier molecular flexibility index (Phi) is 7.75. The number of nitrogens with one attached hydrogen (secondary N) is 3. The zero-order valence-electron chi connectivity index (χ0n) is 14.0. The second kappa shape index (κ2) is 10.3. The van der Waals surface area contributed by atoms with Crippen LogP contribution in [0.4, 0.5) is 0 Å². The molecule has 0 unspecified atom stereocenters. The van der Waals surface area contributed by atoms with Crippen molar-refractivity contribution in [3.63, 3.8) is 0 Å². The largest absolute Gasteiger partial charge is 0.354 e. The first-order valence-corrected chi connectivity index (χ1v) is 8.80. The molecule has 0 bridgehead atoms. The van der Waals surface area contributed by atoms with Gasteiger partial charge < -0.3 is 16.0 Å². The lowest BCUT2D eigenvalue weighted by Crippen LogP contribution is -2.38. The molecule has 136 valence electrons. The summed E-state index contributed by atoms with van der Waals surface area (Å²) in [7, 11) is 0. The number of hydrogen-bond donors (Lipinski definition) is 3. The van der Waals surface area contributed by atoms with Crippen molar-refractivity contribution in [1.29, 1.82) is 0 Å². The zero-order valence-corrected chi connectivity index (χ0v) is 15.6. The predicted octanol–water partition coefficient (Wildman–Crippen LogP) is 1.40. The summed E-state index contributed by atoms with van der Waals surface area (Å²) in [5.41, 5.74) is 1.41. The molecule has 1 aromatic heterocycles. The Morgan fingerprint density at radius 2 is 1.73 bits per heavy atom. The maximum Gasteiger partial charge on any atom is 0.251 e. The molecule has 3 N–H and O–H groups in total. The van der Waals surface area contributed by atoms with E-state index in [9.17, 15) is 14.4 Å². The number of carbonyl (C=O) groups is 3. The summed E-state index contributed by atoms with van der Waals surface area (Å²) in [6.07, 6.45) is 3.48. The summed E-state index contributed by atoms with van der Waals surface area (Å²) >= 11 is 3.29. The Hall–Kier alpha value is -2.74. The third kappa shape index (κ3) is 7.02. The average Bonchev–Trinajstić information content (AvgIpc) is 2.65. The lowest BCUT2D eigenvalue weighted by Gasteiger charge is -2.08. The second-order valence-corrected chi connectivity index (χ2v) is 6.34. The number of hydrogen-bond acceptors (Lipinski definition) is 4. The van der Waals surface area contributed by atoms with Gasteiger partial charge in [0.1, 0.15) is 0 Å². The molecular weight excluding hydrogens is 400 g/mol. The highest BCUT2D eigenvalue weighted by Gasteiger charge is 2.09. The van der Waals surface area contributed by atoms with Gasteiger partial charge in [0.15, 0.2) is 0 Å². The topological polar surface area (TPSA) is 100 Å². The molecule has 0 aliphatic heterocycles. The second-order valence-electron chi connectivity index (χ2n) is 5.43. The number of rotatable bonds is 8. The summed E-state index contributed by atoms with van der Waals surface area (Å²) in [6, 6.07) is 10.5.